The predicted octanol–water partition coefficient (Wildman–Crippen LogP) is 3.33. The van der Waals surface area contributed by atoms with Crippen LogP contribution < -0.4 is 5.32 Å². The van der Waals surface area contributed by atoms with Gasteiger partial charge < -0.3 is 5.32 Å². The predicted molar refractivity (Wildman–Crippen MR) is 76.4 cm³/mol. The van der Waals surface area contributed by atoms with Crippen molar-refractivity contribution in [1.29, 1.82) is 0 Å². The molecule has 1 amide bonds. The molecular weight excluding hydrogens is 276 g/mol. The van der Waals surface area contributed by atoms with Crippen LogP contribution in [0.1, 0.15) is 30.3 Å². The molecule has 0 saturated carbocycles. The fourth-order valence-electron chi connectivity index (χ4n) is 2.03. The van der Waals surface area contributed by atoms with E-state index in [1.54, 1.807) is 19.1 Å². The lowest BCUT2D eigenvalue weighted by atomic mass is 10.1. The number of carbonyl (C=O) groups is 1. The lowest BCUT2D eigenvalue weighted by Gasteiger charge is -2.08. The summed E-state index contributed by atoms with van der Waals surface area (Å²) in [6.07, 6.45) is -1.73. The molecule has 2 rings (SSSR count). The molecule has 1 heterocycles. The zero-order valence-corrected chi connectivity index (χ0v) is 11.9. The van der Waals surface area contributed by atoms with Gasteiger partial charge in [0, 0.05) is 5.69 Å². The maximum atomic E-state index is 12.8. The Morgan fingerprint density at radius 3 is 2.57 bits per heavy atom. The van der Waals surface area contributed by atoms with Crippen molar-refractivity contribution in [2.75, 3.05) is 5.32 Å². The molecule has 0 bridgehead atoms. The summed E-state index contributed by atoms with van der Waals surface area (Å²) < 4.78 is 26.7. The number of amides is 1. The normalized spacial score (nSPS) is 10.9. The summed E-state index contributed by atoms with van der Waals surface area (Å²) in [6, 6.07) is 8.70. The number of rotatable bonds is 5. The van der Waals surface area contributed by atoms with Crippen LogP contribution >= 0.6 is 0 Å². The Kier molecular flexibility index (Phi) is 4.67. The van der Waals surface area contributed by atoms with Crippen LogP contribution in [0.3, 0.4) is 0 Å². The average molecular weight is 293 g/mol. The third kappa shape index (κ3) is 3.87. The number of alkyl halides is 2. The van der Waals surface area contributed by atoms with Crippen LogP contribution in [-0.4, -0.2) is 15.7 Å². The number of nitrogens with zero attached hydrogens (tertiary/aromatic N) is 2. The molecule has 0 unspecified atom stereocenters. The first-order chi connectivity index (χ1) is 9.99. The molecule has 0 radical (unpaired) electrons. The van der Waals surface area contributed by atoms with Gasteiger partial charge in [0.15, 0.2) is 0 Å². The summed E-state index contributed by atoms with van der Waals surface area (Å²) in [5, 5.41) is 6.59. The summed E-state index contributed by atoms with van der Waals surface area (Å²) in [4.78, 5) is 11.9. The first-order valence-electron chi connectivity index (χ1n) is 6.71. The van der Waals surface area contributed by atoms with Crippen LogP contribution in [0.2, 0.25) is 0 Å². The lowest BCUT2D eigenvalue weighted by Crippen LogP contribution is -2.21. The molecule has 0 aliphatic heterocycles. The second-order valence-corrected chi connectivity index (χ2v) is 4.77. The van der Waals surface area contributed by atoms with Gasteiger partial charge >= 0.3 is 0 Å². The highest BCUT2D eigenvalue weighted by Gasteiger charge is 2.17. The number of hydrogen-bond acceptors (Lipinski definition) is 2. The Balaban J connectivity index is 2.04. The van der Waals surface area contributed by atoms with Crippen LogP contribution in [-0.2, 0) is 17.8 Å². The van der Waals surface area contributed by atoms with Gasteiger partial charge in [-0.3, -0.25) is 9.48 Å². The van der Waals surface area contributed by atoms with E-state index in [1.165, 1.54) is 6.07 Å². The minimum absolute atomic E-state index is 0.233. The minimum Gasteiger partial charge on any atom is -0.324 e. The van der Waals surface area contributed by atoms with E-state index in [9.17, 15) is 13.6 Å². The molecule has 6 heteroatoms. The largest absolute Gasteiger partial charge is 0.324 e. The van der Waals surface area contributed by atoms with Gasteiger partial charge in [-0.2, -0.15) is 5.10 Å². The summed E-state index contributed by atoms with van der Waals surface area (Å²) >= 11 is 0. The fourth-order valence-corrected chi connectivity index (χ4v) is 2.03. The average Bonchev–Trinajstić information content (AvgIpc) is 2.80. The Hall–Kier alpha value is -2.24. The van der Waals surface area contributed by atoms with Gasteiger partial charge in [-0.25, -0.2) is 8.78 Å². The highest BCUT2D eigenvalue weighted by atomic mass is 19.3. The van der Waals surface area contributed by atoms with E-state index < -0.39 is 6.43 Å². The van der Waals surface area contributed by atoms with Crippen molar-refractivity contribution in [2.45, 2.75) is 33.2 Å². The molecule has 0 aliphatic rings. The SMILES string of the molecule is CCc1ccc(NC(=O)Cn2nc(C)cc2C(F)F)cc1. The quantitative estimate of drug-likeness (QED) is 0.919. The summed E-state index contributed by atoms with van der Waals surface area (Å²) in [5.41, 5.74) is 2.02. The van der Waals surface area contributed by atoms with Crippen molar-refractivity contribution in [3.05, 3.63) is 47.3 Å². The fraction of sp³-hybridized carbons (Fsp3) is 0.333. The third-order valence-electron chi connectivity index (χ3n) is 3.10. The minimum atomic E-state index is -2.65. The van der Waals surface area contributed by atoms with E-state index in [0.29, 0.717) is 11.4 Å². The highest BCUT2D eigenvalue weighted by molar-refractivity contribution is 5.90. The molecule has 0 spiro atoms. The number of hydrogen-bond donors (Lipinski definition) is 1. The molecule has 21 heavy (non-hydrogen) atoms. The summed E-state index contributed by atoms with van der Waals surface area (Å²) in [5.74, 6) is -0.385. The second kappa shape index (κ2) is 6.47. The highest BCUT2D eigenvalue weighted by Crippen LogP contribution is 2.19. The van der Waals surface area contributed by atoms with Gasteiger partial charge in [0.1, 0.15) is 12.2 Å². The Bertz CT molecular complexity index is 620. The van der Waals surface area contributed by atoms with Crippen LogP contribution in [0, 0.1) is 6.92 Å². The Morgan fingerprint density at radius 1 is 1.33 bits per heavy atom. The van der Waals surface area contributed by atoms with E-state index in [1.807, 2.05) is 19.1 Å². The van der Waals surface area contributed by atoms with Gasteiger partial charge in [-0.15, -0.1) is 0 Å². The first kappa shape index (κ1) is 15.2. The smallest absolute Gasteiger partial charge is 0.280 e. The van der Waals surface area contributed by atoms with Crippen molar-refractivity contribution in [3.8, 4) is 0 Å². The zero-order valence-electron chi connectivity index (χ0n) is 11.9. The molecule has 4 nitrogen and oxygen atoms in total. The topological polar surface area (TPSA) is 46.9 Å². The van der Waals surface area contributed by atoms with Gasteiger partial charge in [0.25, 0.3) is 6.43 Å². The second-order valence-electron chi connectivity index (χ2n) is 4.77. The molecule has 0 fully saturated rings. The van der Waals surface area contributed by atoms with Crippen molar-refractivity contribution < 1.29 is 13.6 Å². The van der Waals surface area contributed by atoms with Crippen LogP contribution in [0.25, 0.3) is 0 Å². The van der Waals surface area contributed by atoms with Gasteiger partial charge in [0.05, 0.1) is 5.69 Å². The van der Waals surface area contributed by atoms with E-state index in [-0.39, 0.29) is 18.1 Å². The number of halogens is 2. The third-order valence-corrected chi connectivity index (χ3v) is 3.10. The number of carbonyl (C=O) groups excluding carboxylic acids is 1. The van der Waals surface area contributed by atoms with Gasteiger partial charge in [-0.1, -0.05) is 19.1 Å². The number of nitrogens with one attached hydrogen (secondary N) is 1. The standard InChI is InChI=1S/C15H17F2N3O/c1-3-11-4-6-12(7-5-11)18-14(21)9-20-13(15(16)17)8-10(2)19-20/h4-8,15H,3,9H2,1-2H3,(H,18,21). The van der Waals surface area contributed by atoms with E-state index in [0.717, 1.165) is 16.7 Å². The maximum absolute atomic E-state index is 12.8. The van der Waals surface area contributed by atoms with Crippen LogP contribution in [0.15, 0.2) is 30.3 Å². The van der Waals surface area contributed by atoms with Crippen molar-refractivity contribution >= 4 is 11.6 Å². The number of anilines is 1. The molecule has 2 aromatic rings. The van der Waals surface area contributed by atoms with E-state index >= 15 is 0 Å². The molecule has 112 valence electrons. The number of aryl methyl sites for hydroxylation is 2. The summed E-state index contributed by atoms with van der Waals surface area (Å²) in [6.45, 7) is 3.42. The lowest BCUT2D eigenvalue weighted by molar-refractivity contribution is -0.117. The van der Waals surface area contributed by atoms with E-state index in [4.69, 9.17) is 0 Å². The van der Waals surface area contributed by atoms with Gasteiger partial charge in [0.2, 0.25) is 5.91 Å². The molecule has 1 aromatic heterocycles. The monoisotopic (exact) mass is 293 g/mol. The molecule has 1 N–H and O–H groups in total. The van der Waals surface area contributed by atoms with Gasteiger partial charge in [-0.05, 0) is 37.1 Å². The van der Waals surface area contributed by atoms with Crippen molar-refractivity contribution in [1.82, 2.24) is 9.78 Å². The maximum Gasteiger partial charge on any atom is 0.280 e. The molecule has 0 atom stereocenters. The number of aromatic nitrogens is 2. The van der Waals surface area contributed by atoms with Crippen molar-refractivity contribution in [3.63, 3.8) is 0 Å². The molecule has 0 saturated heterocycles. The molecule has 0 aliphatic carbocycles. The molecular formula is C15H17F2N3O. The first-order valence-corrected chi connectivity index (χ1v) is 6.71. The van der Waals surface area contributed by atoms with E-state index in [2.05, 4.69) is 10.4 Å². The van der Waals surface area contributed by atoms with Crippen LogP contribution in [0.5, 0.6) is 0 Å². The Labute approximate surface area is 121 Å². The Morgan fingerprint density at radius 2 is 2.00 bits per heavy atom. The van der Waals surface area contributed by atoms with Crippen molar-refractivity contribution in [2.24, 2.45) is 0 Å². The van der Waals surface area contributed by atoms with Crippen LogP contribution in [0.4, 0.5) is 14.5 Å². The molecule has 1 aromatic carbocycles. The number of benzene rings is 1. The zero-order chi connectivity index (χ0) is 15.4. The summed E-state index contributed by atoms with van der Waals surface area (Å²) in [7, 11) is 0.